The van der Waals surface area contributed by atoms with Gasteiger partial charge in [0.15, 0.2) is 0 Å². The number of nitrogens with one attached hydrogen (secondary N) is 1. The van der Waals surface area contributed by atoms with Crippen molar-refractivity contribution in [1.82, 2.24) is 29.9 Å². The van der Waals surface area contributed by atoms with Crippen molar-refractivity contribution in [3.8, 4) is 0 Å². The second-order valence-corrected chi connectivity index (χ2v) is 6.78. The van der Waals surface area contributed by atoms with E-state index in [0.717, 1.165) is 38.1 Å². The lowest BCUT2D eigenvalue weighted by atomic mass is 10.2. The lowest BCUT2D eigenvalue weighted by Gasteiger charge is -2.20. The van der Waals surface area contributed by atoms with Crippen LogP contribution in [0.5, 0.6) is 0 Å². The van der Waals surface area contributed by atoms with E-state index in [1.54, 1.807) is 6.20 Å². The van der Waals surface area contributed by atoms with Gasteiger partial charge in [-0.05, 0) is 32.2 Å². The number of rotatable bonds is 5. The van der Waals surface area contributed by atoms with Gasteiger partial charge in [0.1, 0.15) is 11.0 Å². The fraction of sp³-hybridized carbons (Fsp3) is 0.600. The normalized spacial score (nSPS) is 21.3. The zero-order valence-electron chi connectivity index (χ0n) is 13.4. The molecular formula is C15H19ClN6O2. The van der Waals surface area contributed by atoms with E-state index in [1.165, 1.54) is 0 Å². The summed E-state index contributed by atoms with van der Waals surface area (Å²) in [7, 11) is 1.89. The Kier molecular flexibility index (Phi) is 4.01. The maximum Gasteiger partial charge on any atom is 0.292 e. The van der Waals surface area contributed by atoms with Crippen molar-refractivity contribution in [2.24, 2.45) is 7.05 Å². The van der Waals surface area contributed by atoms with Crippen molar-refractivity contribution in [2.45, 2.75) is 44.3 Å². The minimum atomic E-state index is -0.257. The Morgan fingerprint density at radius 3 is 3.00 bits per heavy atom. The van der Waals surface area contributed by atoms with Crippen molar-refractivity contribution in [2.75, 3.05) is 6.54 Å². The summed E-state index contributed by atoms with van der Waals surface area (Å²) in [6.45, 7) is 1.57. The number of carbonyl (C=O) groups excluding carboxylic acids is 1. The van der Waals surface area contributed by atoms with Gasteiger partial charge in [-0.3, -0.25) is 9.69 Å². The van der Waals surface area contributed by atoms with Crippen LogP contribution in [-0.2, 0) is 13.6 Å². The molecule has 8 nitrogen and oxygen atoms in total. The average Bonchev–Trinajstić information content (AvgIpc) is 2.98. The SMILES string of the molecule is Cn1c(Cl)cnc1CN1CCC[C@H]1c1nc(C(=O)NC2CC2)no1. The van der Waals surface area contributed by atoms with Crippen LogP contribution in [0.4, 0.5) is 0 Å². The highest BCUT2D eigenvalue weighted by molar-refractivity contribution is 6.29. The molecule has 3 heterocycles. The summed E-state index contributed by atoms with van der Waals surface area (Å²) >= 11 is 6.05. The number of carbonyl (C=O) groups is 1. The third-order valence-corrected chi connectivity index (χ3v) is 4.93. The number of amides is 1. The third kappa shape index (κ3) is 3.03. The van der Waals surface area contributed by atoms with E-state index < -0.39 is 0 Å². The summed E-state index contributed by atoms with van der Waals surface area (Å²) in [5.41, 5.74) is 0. The van der Waals surface area contributed by atoms with Gasteiger partial charge >= 0.3 is 0 Å². The van der Waals surface area contributed by atoms with Crippen molar-refractivity contribution in [3.63, 3.8) is 0 Å². The molecule has 1 aliphatic carbocycles. The first kappa shape index (κ1) is 15.6. The standard InChI is InChI=1S/C15H19ClN6O2/c1-21-11(16)7-17-12(21)8-22-6-2-3-10(22)15-19-13(20-24-15)14(23)18-9-4-5-9/h7,9-10H,2-6,8H2,1H3,(H,18,23)/t10-/m0/s1. The van der Waals surface area contributed by atoms with Crippen LogP contribution in [0.3, 0.4) is 0 Å². The lowest BCUT2D eigenvalue weighted by molar-refractivity contribution is 0.0937. The van der Waals surface area contributed by atoms with E-state index >= 15 is 0 Å². The van der Waals surface area contributed by atoms with E-state index in [0.29, 0.717) is 17.6 Å². The molecule has 128 valence electrons. The Labute approximate surface area is 144 Å². The highest BCUT2D eigenvalue weighted by atomic mass is 35.5. The molecule has 1 N–H and O–H groups in total. The van der Waals surface area contributed by atoms with Crippen molar-refractivity contribution in [3.05, 3.63) is 28.9 Å². The van der Waals surface area contributed by atoms with Crippen LogP contribution >= 0.6 is 11.6 Å². The van der Waals surface area contributed by atoms with Crippen LogP contribution in [-0.4, -0.2) is 43.1 Å². The summed E-state index contributed by atoms with van der Waals surface area (Å²) in [5.74, 6) is 1.24. The first-order valence-corrected chi connectivity index (χ1v) is 8.54. The van der Waals surface area contributed by atoms with Crippen LogP contribution in [0.2, 0.25) is 5.15 Å². The Bertz CT molecular complexity index is 753. The fourth-order valence-electron chi connectivity index (χ4n) is 2.99. The predicted molar refractivity (Wildman–Crippen MR) is 85.4 cm³/mol. The van der Waals surface area contributed by atoms with E-state index in [9.17, 15) is 4.79 Å². The Morgan fingerprint density at radius 2 is 2.29 bits per heavy atom. The molecule has 1 saturated carbocycles. The van der Waals surface area contributed by atoms with Gasteiger partial charge in [0.2, 0.25) is 5.89 Å². The number of likely N-dealkylation sites (tertiary alicyclic amines) is 1. The van der Waals surface area contributed by atoms with Crippen LogP contribution in [0.1, 0.15) is 54.1 Å². The Balaban J connectivity index is 1.47. The molecule has 4 rings (SSSR count). The molecule has 2 aromatic rings. The van der Waals surface area contributed by atoms with Crippen LogP contribution < -0.4 is 5.32 Å². The van der Waals surface area contributed by atoms with Gasteiger partial charge in [0.25, 0.3) is 11.7 Å². The minimum Gasteiger partial charge on any atom is -0.346 e. The van der Waals surface area contributed by atoms with Gasteiger partial charge in [-0.2, -0.15) is 4.98 Å². The molecule has 24 heavy (non-hydrogen) atoms. The molecule has 2 aliphatic rings. The summed E-state index contributed by atoms with van der Waals surface area (Å²) < 4.78 is 7.22. The molecule has 0 aromatic carbocycles. The molecule has 1 atom stereocenters. The first-order chi connectivity index (χ1) is 11.6. The molecule has 1 saturated heterocycles. The van der Waals surface area contributed by atoms with Crippen LogP contribution in [0, 0.1) is 0 Å². The summed E-state index contributed by atoms with van der Waals surface area (Å²) in [5, 5.41) is 7.32. The number of hydrogen-bond acceptors (Lipinski definition) is 6. The van der Waals surface area contributed by atoms with Crippen molar-refractivity contribution < 1.29 is 9.32 Å². The molecule has 2 aromatic heterocycles. The second kappa shape index (κ2) is 6.18. The Hall–Kier alpha value is -1.93. The number of hydrogen-bond donors (Lipinski definition) is 1. The first-order valence-electron chi connectivity index (χ1n) is 8.16. The average molecular weight is 351 g/mol. The van der Waals surface area contributed by atoms with Gasteiger partial charge in [0, 0.05) is 13.1 Å². The highest BCUT2D eigenvalue weighted by Gasteiger charge is 2.33. The molecule has 0 bridgehead atoms. The maximum atomic E-state index is 12.0. The topological polar surface area (TPSA) is 89.1 Å². The second-order valence-electron chi connectivity index (χ2n) is 6.39. The minimum absolute atomic E-state index is 0.00968. The number of nitrogens with zero attached hydrogens (tertiary/aromatic N) is 5. The largest absolute Gasteiger partial charge is 0.346 e. The van der Waals surface area contributed by atoms with Gasteiger partial charge in [0.05, 0.1) is 18.8 Å². The fourth-order valence-corrected chi connectivity index (χ4v) is 3.13. The van der Waals surface area contributed by atoms with Gasteiger partial charge in [-0.25, -0.2) is 4.98 Å². The number of imidazole rings is 1. The molecule has 9 heteroatoms. The summed E-state index contributed by atoms with van der Waals surface area (Å²) in [6.07, 6.45) is 5.66. The zero-order valence-corrected chi connectivity index (χ0v) is 14.2. The zero-order chi connectivity index (χ0) is 16.7. The van der Waals surface area contributed by atoms with Crippen molar-refractivity contribution >= 4 is 17.5 Å². The molecule has 0 unspecified atom stereocenters. The summed E-state index contributed by atoms with van der Waals surface area (Å²) in [6, 6.07) is 0.283. The van der Waals surface area contributed by atoms with E-state index in [2.05, 4.69) is 25.3 Å². The number of halogens is 1. The summed E-state index contributed by atoms with van der Waals surface area (Å²) in [4.78, 5) is 22.9. The number of aromatic nitrogens is 4. The Morgan fingerprint density at radius 1 is 1.46 bits per heavy atom. The van der Waals surface area contributed by atoms with Gasteiger partial charge < -0.3 is 14.4 Å². The van der Waals surface area contributed by atoms with Crippen LogP contribution in [0.15, 0.2) is 10.7 Å². The maximum absolute atomic E-state index is 12.0. The molecule has 0 spiro atoms. The monoisotopic (exact) mass is 350 g/mol. The third-order valence-electron chi connectivity index (χ3n) is 4.58. The molecule has 1 aliphatic heterocycles. The van der Waals surface area contributed by atoms with E-state index in [4.69, 9.17) is 16.1 Å². The van der Waals surface area contributed by atoms with E-state index in [-0.39, 0.29) is 23.8 Å². The van der Waals surface area contributed by atoms with Gasteiger partial charge in [-0.15, -0.1) is 0 Å². The smallest absolute Gasteiger partial charge is 0.292 e. The molecule has 2 fully saturated rings. The lowest BCUT2D eigenvalue weighted by Crippen LogP contribution is -2.27. The molecular weight excluding hydrogens is 332 g/mol. The van der Waals surface area contributed by atoms with Crippen molar-refractivity contribution in [1.29, 1.82) is 0 Å². The predicted octanol–water partition coefficient (Wildman–Crippen LogP) is 1.69. The van der Waals surface area contributed by atoms with E-state index in [1.807, 2.05) is 11.6 Å². The highest BCUT2D eigenvalue weighted by Crippen LogP contribution is 2.32. The molecule has 1 amide bonds. The molecule has 0 radical (unpaired) electrons. The van der Waals surface area contributed by atoms with Crippen LogP contribution in [0.25, 0.3) is 0 Å². The quantitative estimate of drug-likeness (QED) is 0.882. The van der Waals surface area contributed by atoms with Gasteiger partial charge in [-0.1, -0.05) is 16.8 Å².